The predicted molar refractivity (Wildman–Crippen MR) is 88.7 cm³/mol. The molecule has 2 heterocycles. The van der Waals surface area contributed by atoms with Crippen LogP contribution in [-0.4, -0.2) is 15.5 Å². The van der Waals surface area contributed by atoms with Crippen molar-refractivity contribution in [2.24, 2.45) is 0 Å². The molecule has 1 N–H and O–H groups in total. The third-order valence-corrected chi connectivity index (χ3v) is 4.10. The molecule has 0 radical (unpaired) electrons. The molecule has 3 aromatic rings. The molecule has 114 valence electrons. The smallest absolute Gasteiger partial charge is 0.231 e. The van der Waals surface area contributed by atoms with E-state index in [1.165, 1.54) is 12.1 Å². The van der Waals surface area contributed by atoms with Gasteiger partial charge in [-0.15, -0.1) is 0 Å². The molecular weight excluding hydrogens is 290 g/mol. The Balaban J connectivity index is 1.82. The van der Waals surface area contributed by atoms with Crippen LogP contribution in [0.3, 0.4) is 0 Å². The fourth-order valence-corrected chi connectivity index (χ4v) is 2.97. The number of aromatic nitrogens is 1. The number of ether oxygens (including phenoxy) is 1. The highest BCUT2D eigenvalue weighted by Crippen LogP contribution is 2.35. The van der Waals surface area contributed by atoms with E-state index >= 15 is 0 Å². The maximum Gasteiger partial charge on any atom is 0.231 e. The van der Waals surface area contributed by atoms with Crippen LogP contribution in [0.25, 0.3) is 17.0 Å². The zero-order chi connectivity index (χ0) is 16.0. The number of rotatable bonds is 2. The van der Waals surface area contributed by atoms with Crippen molar-refractivity contribution in [1.82, 2.24) is 4.57 Å². The van der Waals surface area contributed by atoms with Gasteiger partial charge in [0.25, 0.3) is 0 Å². The summed E-state index contributed by atoms with van der Waals surface area (Å²) in [4.78, 5) is 12.4. The van der Waals surface area contributed by atoms with E-state index in [0.717, 1.165) is 23.0 Å². The van der Waals surface area contributed by atoms with Crippen LogP contribution in [0.5, 0.6) is 11.5 Å². The summed E-state index contributed by atoms with van der Waals surface area (Å²) in [6.45, 7) is 2.94. The van der Waals surface area contributed by atoms with Crippen molar-refractivity contribution in [2.45, 2.75) is 13.5 Å². The number of phenolic OH excluding ortho intramolecular Hbond substituents is 1. The first-order chi connectivity index (χ1) is 11.2. The molecule has 0 saturated carbocycles. The number of Topliss-reactive ketones (excluding diaryl/α,β-unsaturated/α-hetero) is 1. The average molecular weight is 305 g/mol. The Morgan fingerprint density at radius 2 is 2.04 bits per heavy atom. The fraction of sp³-hybridized carbons (Fsp3) is 0.105. The lowest BCUT2D eigenvalue weighted by molar-refractivity contribution is 0.101. The first-order valence-corrected chi connectivity index (χ1v) is 7.52. The van der Waals surface area contributed by atoms with Gasteiger partial charge in [-0.05, 0) is 31.2 Å². The summed E-state index contributed by atoms with van der Waals surface area (Å²) >= 11 is 0. The number of allylic oxidation sites excluding steroid dienone is 1. The van der Waals surface area contributed by atoms with Gasteiger partial charge < -0.3 is 14.4 Å². The van der Waals surface area contributed by atoms with Crippen molar-refractivity contribution >= 4 is 22.8 Å². The molecule has 0 aliphatic carbocycles. The molecule has 0 unspecified atom stereocenters. The van der Waals surface area contributed by atoms with E-state index in [2.05, 4.69) is 17.6 Å². The van der Waals surface area contributed by atoms with Crippen molar-refractivity contribution in [3.05, 3.63) is 65.5 Å². The van der Waals surface area contributed by atoms with Gasteiger partial charge in [-0.1, -0.05) is 18.2 Å². The number of fused-ring (bicyclic) bond motifs is 2. The van der Waals surface area contributed by atoms with Gasteiger partial charge in [-0.3, -0.25) is 4.79 Å². The highest BCUT2D eigenvalue weighted by Gasteiger charge is 2.27. The first-order valence-electron chi connectivity index (χ1n) is 7.52. The van der Waals surface area contributed by atoms with Crippen LogP contribution in [0.1, 0.15) is 22.8 Å². The lowest BCUT2D eigenvalue weighted by Gasteiger charge is -1.98. The second-order valence-electron chi connectivity index (χ2n) is 5.51. The van der Waals surface area contributed by atoms with E-state index in [1.807, 2.05) is 24.4 Å². The second kappa shape index (κ2) is 5.02. The summed E-state index contributed by atoms with van der Waals surface area (Å²) in [7, 11) is 0. The van der Waals surface area contributed by atoms with Crippen LogP contribution >= 0.6 is 0 Å². The summed E-state index contributed by atoms with van der Waals surface area (Å²) in [5, 5.41) is 10.6. The molecular formula is C19H15NO3. The molecule has 2 aromatic carbocycles. The molecule has 4 rings (SSSR count). The van der Waals surface area contributed by atoms with Gasteiger partial charge in [0.1, 0.15) is 11.5 Å². The highest BCUT2D eigenvalue weighted by atomic mass is 16.5. The van der Waals surface area contributed by atoms with Gasteiger partial charge in [-0.25, -0.2) is 0 Å². The number of benzene rings is 2. The molecule has 0 spiro atoms. The van der Waals surface area contributed by atoms with E-state index in [4.69, 9.17) is 4.74 Å². The van der Waals surface area contributed by atoms with Crippen LogP contribution in [0.2, 0.25) is 0 Å². The van der Waals surface area contributed by atoms with E-state index in [-0.39, 0.29) is 17.3 Å². The number of aryl methyl sites for hydroxylation is 1. The zero-order valence-electron chi connectivity index (χ0n) is 12.6. The summed E-state index contributed by atoms with van der Waals surface area (Å²) in [6.07, 6.45) is 3.79. The molecule has 23 heavy (non-hydrogen) atoms. The van der Waals surface area contributed by atoms with E-state index in [9.17, 15) is 9.90 Å². The summed E-state index contributed by atoms with van der Waals surface area (Å²) in [5.74, 6) is 0.610. The largest absolute Gasteiger partial charge is 0.508 e. The average Bonchev–Trinajstić information content (AvgIpc) is 3.06. The summed E-state index contributed by atoms with van der Waals surface area (Å²) in [5.41, 5.74) is 2.55. The summed E-state index contributed by atoms with van der Waals surface area (Å²) in [6, 6.07) is 12.6. The Kier molecular flexibility index (Phi) is 2.98. The molecule has 0 amide bonds. The minimum atomic E-state index is -0.159. The quantitative estimate of drug-likeness (QED) is 0.729. The molecule has 0 fully saturated rings. The van der Waals surface area contributed by atoms with Gasteiger partial charge in [-0.2, -0.15) is 0 Å². The third-order valence-electron chi connectivity index (χ3n) is 4.10. The Labute approximate surface area is 133 Å². The minimum absolute atomic E-state index is 0.0837. The topological polar surface area (TPSA) is 51.5 Å². The van der Waals surface area contributed by atoms with Crippen molar-refractivity contribution in [3.63, 3.8) is 0 Å². The van der Waals surface area contributed by atoms with Crippen molar-refractivity contribution in [1.29, 1.82) is 0 Å². The van der Waals surface area contributed by atoms with E-state index in [1.54, 1.807) is 12.1 Å². The number of hydrogen-bond donors (Lipinski definition) is 1. The second-order valence-corrected chi connectivity index (χ2v) is 5.51. The maximum atomic E-state index is 12.4. The molecule has 0 bridgehead atoms. The van der Waals surface area contributed by atoms with Gasteiger partial charge >= 0.3 is 0 Å². The highest BCUT2D eigenvalue weighted by molar-refractivity contribution is 6.15. The van der Waals surface area contributed by atoms with Gasteiger partial charge in [0, 0.05) is 35.3 Å². The Morgan fingerprint density at radius 3 is 2.87 bits per heavy atom. The summed E-state index contributed by atoms with van der Waals surface area (Å²) < 4.78 is 7.78. The molecule has 4 nitrogen and oxygen atoms in total. The van der Waals surface area contributed by atoms with E-state index < -0.39 is 0 Å². The van der Waals surface area contributed by atoms with Gasteiger partial charge in [0.2, 0.25) is 5.78 Å². The Bertz CT molecular complexity index is 966. The van der Waals surface area contributed by atoms with Crippen molar-refractivity contribution in [2.75, 3.05) is 0 Å². The molecule has 1 aliphatic heterocycles. The zero-order valence-corrected chi connectivity index (χ0v) is 12.6. The number of nitrogens with zero attached hydrogens (tertiary/aromatic N) is 1. The van der Waals surface area contributed by atoms with Crippen LogP contribution in [0, 0.1) is 0 Å². The monoisotopic (exact) mass is 305 g/mol. The fourth-order valence-electron chi connectivity index (χ4n) is 2.97. The maximum absolute atomic E-state index is 12.4. The van der Waals surface area contributed by atoms with Gasteiger partial charge in [0.15, 0.2) is 5.76 Å². The standard InChI is InChI=1S/C19H15NO3/c1-2-20-11-12(14-5-3-4-6-16(14)20)9-18-19(22)15-8-7-13(21)10-17(15)23-18/h3-11,21H,2H2,1H3. The lowest BCUT2D eigenvalue weighted by Crippen LogP contribution is -1.97. The Hall–Kier alpha value is -3.01. The number of phenols is 1. The first kappa shape index (κ1) is 13.6. The molecule has 0 atom stereocenters. The predicted octanol–water partition coefficient (Wildman–Crippen LogP) is 3.98. The molecule has 4 heteroatoms. The number of carbonyl (C=O) groups excluding carboxylic acids is 1. The molecule has 1 aromatic heterocycles. The van der Waals surface area contributed by atoms with E-state index in [0.29, 0.717) is 11.3 Å². The normalized spacial score (nSPS) is 15.2. The van der Waals surface area contributed by atoms with Crippen molar-refractivity contribution in [3.8, 4) is 11.5 Å². The number of aromatic hydroxyl groups is 1. The van der Waals surface area contributed by atoms with Crippen LogP contribution in [0.4, 0.5) is 0 Å². The number of hydrogen-bond acceptors (Lipinski definition) is 3. The minimum Gasteiger partial charge on any atom is -0.508 e. The third kappa shape index (κ3) is 2.11. The molecule has 0 saturated heterocycles. The molecule has 1 aliphatic rings. The SMILES string of the molecule is CCn1cc(C=C2Oc3cc(O)ccc3C2=O)c2ccccc21. The van der Waals surface area contributed by atoms with Crippen LogP contribution in [-0.2, 0) is 6.54 Å². The van der Waals surface area contributed by atoms with Gasteiger partial charge in [0.05, 0.1) is 5.56 Å². The van der Waals surface area contributed by atoms with Crippen LogP contribution < -0.4 is 4.74 Å². The number of para-hydroxylation sites is 1. The van der Waals surface area contributed by atoms with Crippen LogP contribution in [0.15, 0.2) is 54.4 Å². The number of ketones is 1. The number of carbonyl (C=O) groups is 1. The Morgan fingerprint density at radius 1 is 1.22 bits per heavy atom. The van der Waals surface area contributed by atoms with Crippen molar-refractivity contribution < 1.29 is 14.6 Å². The lowest BCUT2D eigenvalue weighted by atomic mass is 10.1.